The van der Waals surface area contributed by atoms with Gasteiger partial charge in [0, 0.05) is 17.1 Å². The zero-order valence-electron chi connectivity index (χ0n) is 10.2. The lowest BCUT2D eigenvalue weighted by Crippen LogP contribution is -2.30. The zero-order valence-corrected chi connectivity index (χ0v) is 10.2. The number of hydrogen-bond acceptors (Lipinski definition) is 1. The van der Waals surface area contributed by atoms with E-state index in [1.165, 1.54) is 29.7 Å². The summed E-state index contributed by atoms with van der Waals surface area (Å²) in [6, 6.07) is 6.88. The smallest absolute Gasteiger partial charge is 0.0384 e. The van der Waals surface area contributed by atoms with E-state index >= 15 is 0 Å². The van der Waals surface area contributed by atoms with Crippen LogP contribution < -0.4 is 5.32 Å². The molecule has 0 spiro atoms. The van der Waals surface area contributed by atoms with Crippen molar-refractivity contribution in [3.05, 3.63) is 29.3 Å². The van der Waals surface area contributed by atoms with Crippen LogP contribution in [0, 0.1) is 0 Å². The highest BCUT2D eigenvalue weighted by atomic mass is 15.0. The van der Waals surface area contributed by atoms with E-state index in [4.69, 9.17) is 0 Å². The number of hydrogen-bond donors (Lipinski definition) is 1. The molecule has 1 aromatic rings. The highest BCUT2D eigenvalue weighted by Crippen LogP contribution is 2.42. The minimum atomic E-state index is 0.202. The van der Waals surface area contributed by atoms with Gasteiger partial charge in [0.25, 0.3) is 0 Å². The van der Waals surface area contributed by atoms with Gasteiger partial charge in [0.15, 0.2) is 0 Å². The summed E-state index contributed by atoms with van der Waals surface area (Å²) in [5, 5.41) is 3.59. The van der Waals surface area contributed by atoms with Crippen molar-refractivity contribution in [2.45, 2.75) is 52.0 Å². The van der Waals surface area contributed by atoms with Gasteiger partial charge in [-0.3, -0.25) is 0 Å². The van der Waals surface area contributed by atoms with Crippen molar-refractivity contribution in [2.24, 2.45) is 0 Å². The minimum absolute atomic E-state index is 0.202. The number of rotatable bonds is 2. The largest absolute Gasteiger partial charge is 0.379 e. The second-order valence-corrected chi connectivity index (χ2v) is 5.24. The molecule has 0 fully saturated rings. The van der Waals surface area contributed by atoms with Crippen LogP contribution in [0.2, 0.25) is 0 Å². The Balaban J connectivity index is 2.35. The summed E-state index contributed by atoms with van der Waals surface area (Å²) in [5.41, 5.74) is 4.49. The summed E-state index contributed by atoms with van der Waals surface area (Å²) >= 11 is 0. The summed E-state index contributed by atoms with van der Waals surface area (Å²) < 4.78 is 0. The SMILES string of the molecule is CCCc1ccc2c(c1)C(C)C(C)(C)N2. The first-order chi connectivity index (χ1) is 7.04. The summed E-state index contributed by atoms with van der Waals surface area (Å²) in [4.78, 5) is 0. The highest BCUT2D eigenvalue weighted by molar-refractivity contribution is 5.62. The Morgan fingerprint density at radius 3 is 2.73 bits per heavy atom. The standard InChI is InChI=1S/C14H21N/c1-5-6-11-7-8-13-12(9-11)10(2)14(3,4)15-13/h7-10,15H,5-6H2,1-4H3. The lowest BCUT2D eigenvalue weighted by atomic mass is 9.87. The molecule has 0 amide bonds. The number of fused-ring (bicyclic) bond motifs is 1. The minimum Gasteiger partial charge on any atom is -0.379 e. The van der Waals surface area contributed by atoms with Crippen LogP contribution in [0.3, 0.4) is 0 Å². The van der Waals surface area contributed by atoms with Gasteiger partial charge in [0.05, 0.1) is 0 Å². The van der Waals surface area contributed by atoms with E-state index < -0.39 is 0 Å². The molecule has 1 aliphatic heterocycles. The number of nitrogens with one attached hydrogen (secondary N) is 1. The molecule has 0 saturated carbocycles. The molecule has 82 valence electrons. The predicted molar refractivity (Wildman–Crippen MR) is 66.6 cm³/mol. The van der Waals surface area contributed by atoms with E-state index in [1.807, 2.05) is 0 Å². The van der Waals surface area contributed by atoms with E-state index in [9.17, 15) is 0 Å². The van der Waals surface area contributed by atoms with Gasteiger partial charge in [-0.25, -0.2) is 0 Å². The molecule has 15 heavy (non-hydrogen) atoms. The van der Waals surface area contributed by atoms with Crippen LogP contribution in [0.1, 0.15) is 51.2 Å². The lowest BCUT2D eigenvalue weighted by Gasteiger charge is -2.24. The maximum absolute atomic E-state index is 3.59. The van der Waals surface area contributed by atoms with Crippen LogP contribution in [0.5, 0.6) is 0 Å². The first kappa shape index (κ1) is 10.5. The first-order valence-corrected chi connectivity index (χ1v) is 5.95. The Labute approximate surface area is 92.9 Å². The topological polar surface area (TPSA) is 12.0 Å². The van der Waals surface area contributed by atoms with Gasteiger partial charge in [-0.15, -0.1) is 0 Å². The summed E-state index contributed by atoms with van der Waals surface area (Å²) in [6.07, 6.45) is 2.42. The van der Waals surface area contributed by atoms with Crippen LogP contribution in [-0.2, 0) is 6.42 Å². The van der Waals surface area contributed by atoms with Gasteiger partial charge >= 0.3 is 0 Å². The Kier molecular flexibility index (Phi) is 2.49. The summed E-state index contributed by atoms with van der Waals surface area (Å²) in [5.74, 6) is 0.601. The molecule has 0 radical (unpaired) electrons. The van der Waals surface area contributed by atoms with Crippen LogP contribution in [-0.4, -0.2) is 5.54 Å². The summed E-state index contributed by atoms with van der Waals surface area (Å²) in [7, 11) is 0. The lowest BCUT2D eigenvalue weighted by molar-refractivity contribution is 0.502. The molecule has 1 heteroatoms. The van der Waals surface area contributed by atoms with Gasteiger partial charge in [-0.1, -0.05) is 32.4 Å². The normalized spacial score (nSPS) is 22.3. The molecule has 0 saturated heterocycles. The average Bonchev–Trinajstić information content (AvgIpc) is 2.40. The van der Waals surface area contributed by atoms with Gasteiger partial charge < -0.3 is 5.32 Å². The average molecular weight is 203 g/mol. The van der Waals surface area contributed by atoms with Gasteiger partial charge in [-0.2, -0.15) is 0 Å². The third-order valence-electron chi connectivity index (χ3n) is 3.66. The molecule has 1 aliphatic rings. The van der Waals surface area contributed by atoms with E-state index in [0.717, 1.165) is 0 Å². The molecule has 1 nitrogen and oxygen atoms in total. The van der Waals surface area contributed by atoms with Crippen LogP contribution in [0.15, 0.2) is 18.2 Å². The second kappa shape index (κ2) is 3.55. The Hall–Kier alpha value is -0.980. The van der Waals surface area contributed by atoms with Gasteiger partial charge in [0.2, 0.25) is 0 Å². The molecule has 1 N–H and O–H groups in total. The zero-order chi connectivity index (χ0) is 11.1. The monoisotopic (exact) mass is 203 g/mol. The fourth-order valence-electron chi connectivity index (χ4n) is 2.37. The molecule has 0 aliphatic carbocycles. The van der Waals surface area contributed by atoms with Crippen molar-refractivity contribution < 1.29 is 0 Å². The van der Waals surface area contributed by atoms with Crippen LogP contribution in [0.25, 0.3) is 0 Å². The number of benzene rings is 1. The second-order valence-electron chi connectivity index (χ2n) is 5.24. The molecule has 2 rings (SSSR count). The molecule has 1 atom stereocenters. The molecule has 0 bridgehead atoms. The Bertz CT molecular complexity index is 366. The quantitative estimate of drug-likeness (QED) is 0.767. The van der Waals surface area contributed by atoms with Crippen molar-refractivity contribution in [1.29, 1.82) is 0 Å². The van der Waals surface area contributed by atoms with Crippen LogP contribution >= 0.6 is 0 Å². The molecular weight excluding hydrogens is 182 g/mol. The van der Waals surface area contributed by atoms with E-state index in [1.54, 1.807) is 0 Å². The van der Waals surface area contributed by atoms with Crippen molar-refractivity contribution in [2.75, 3.05) is 5.32 Å². The van der Waals surface area contributed by atoms with E-state index in [2.05, 4.69) is 51.2 Å². The molecular formula is C14H21N. The van der Waals surface area contributed by atoms with E-state index in [-0.39, 0.29) is 5.54 Å². The molecule has 1 aromatic carbocycles. The highest BCUT2D eigenvalue weighted by Gasteiger charge is 2.34. The Morgan fingerprint density at radius 1 is 1.33 bits per heavy atom. The molecule has 0 aromatic heterocycles. The fraction of sp³-hybridized carbons (Fsp3) is 0.571. The first-order valence-electron chi connectivity index (χ1n) is 5.95. The van der Waals surface area contributed by atoms with Crippen molar-refractivity contribution >= 4 is 5.69 Å². The molecule has 1 heterocycles. The molecule has 1 unspecified atom stereocenters. The van der Waals surface area contributed by atoms with E-state index in [0.29, 0.717) is 5.92 Å². The maximum atomic E-state index is 3.59. The third kappa shape index (κ3) is 1.75. The van der Waals surface area contributed by atoms with Crippen molar-refractivity contribution in [1.82, 2.24) is 0 Å². The predicted octanol–water partition coefficient (Wildman–Crippen LogP) is 3.95. The van der Waals surface area contributed by atoms with Gasteiger partial charge in [0.1, 0.15) is 0 Å². The Morgan fingerprint density at radius 2 is 2.07 bits per heavy atom. The third-order valence-corrected chi connectivity index (χ3v) is 3.66. The number of anilines is 1. The fourth-order valence-corrected chi connectivity index (χ4v) is 2.37. The maximum Gasteiger partial charge on any atom is 0.0384 e. The summed E-state index contributed by atoms with van der Waals surface area (Å²) in [6.45, 7) is 9.10. The number of aryl methyl sites for hydroxylation is 1. The van der Waals surface area contributed by atoms with Crippen LogP contribution in [0.4, 0.5) is 5.69 Å². The van der Waals surface area contributed by atoms with Crippen molar-refractivity contribution in [3.63, 3.8) is 0 Å². The van der Waals surface area contributed by atoms with Gasteiger partial charge in [-0.05, 0) is 37.5 Å². The van der Waals surface area contributed by atoms with Crippen molar-refractivity contribution in [3.8, 4) is 0 Å².